The number of aliphatic hydroxyl groups excluding tert-OH is 2. The van der Waals surface area contributed by atoms with Crippen LogP contribution in [0.3, 0.4) is 0 Å². The monoisotopic (exact) mass is 485 g/mol. The lowest BCUT2D eigenvalue weighted by atomic mass is 9.76. The number of ether oxygens (including phenoxy) is 3. The third-order valence-corrected chi connectivity index (χ3v) is 7.08. The molecule has 35 heavy (non-hydrogen) atoms. The lowest BCUT2D eigenvalue weighted by Gasteiger charge is -2.39. The van der Waals surface area contributed by atoms with Gasteiger partial charge in [-0.1, -0.05) is 12.1 Å². The van der Waals surface area contributed by atoms with E-state index in [2.05, 4.69) is 0 Å². The van der Waals surface area contributed by atoms with Crippen LogP contribution in [-0.2, 0) is 15.9 Å². The quantitative estimate of drug-likeness (QED) is 0.338. The maximum absolute atomic E-state index is 13.5. The minimum atomic E-state index is -0.966. The maximum atomic E-state index is 13.5. The number of hydrogen-bond donors (Lipinski definition) is 5. The number of fused-ring (bicyclic) bond motifs is 3. The first-order valence-corrected chi connectivity index (χ1v) is 11.4. The van der Waals surface area contributed by atoms with Gasteiger partial charge < -0.3 is 40.4 Å². The molecule has 2 aromatic carbocycles. The zero-order chi connectivity index (χ0) is 25.2. The van der Waals surface area contributed by atoms with Crippen LogP contribution < -0.4 is 10.5 Å². The maximum Gasteiger partial charge on any atom is 0.202 e. The molecule has 2 aliphatic carbocycles. The summed E-state index contributed by atoms with van der Waals surface area (Å²) < 4.78 is 17.0. The smallest absolute Gasteiger partial charge is 0.202 e. The van der Waals surface area contributed by atoms with Crippen LogP contribution in [0.1, 0.15) is 68.8 Å². The van der Waals surface area contributed by atoms with Crippen molar-refractivity contribution in [1.82, 2.24) is 0 Å². The second-order valence-corrected chi connectivity index (χ2v) is 9.26. The van der Waals surface area contributed by atoms with E-state index in [-0.39, 0.29) is 58.4 Å². The van der Waals surface area contributed by atoms with Crippen molar-refractivity contribution >= 4 is 11.6 Å². The fraction of sp³-hybridized carbons (Fsp3) is 0.440. The van der Waals surface area contributed by atoms with Gasteiger partial charge in [0.05, 0.1) is 48.2 Å². The molecule has 1 fully saturated rings. The van der Waals surface area contributed by atoms with Gasteiger partial charge in [-0.2, -0.15) is 0 Å². The Hall–Kier alpha value is -3.02. The van der Waals surface area contributed by atoms with Crippen molar-refractivity contribution < 1.29 is 44.2 Å². The Morgan fingerprint density at radius 3 is 2.43 bits per heavy atom. The normalized spacial score (nSPS) is 29.9. The van der Waals surface area contributed by atoms with Gasteiger partial charge in [0, 0.05) is 42.0 Å². The van der Waals surface area contributed by atoms with Crippen LogP contribution in [0.25, 0.3) is 0 Å². The van der Waals surface area contributed by atoms with Gasteiger partial charge in [-0.25, -0.2) is 0 Å². The molecule has 10 heteroatoms. The van der Waals surface area contributed by atoms with Gasteiger partial charge in [-0.05, 0) is 13.0 Å². The second kappa shape index (κ2) is 8.58. The van der Waals surface area contributed by atoms with Crippen molar-refractivity contribution in [2.45, 2.75) is 62.9 Å². The fourth-order valence-electron chi connectivity index (χ4n) is 5.34. The van der Waals surface area contributed by atoms with E-state index in [1.54, 1.807) is 13.0 Å². The number of carbonyl (C=O) groups excluding carboxylic acids is 2. The van der Waals surface area contributed by atoms with Crippen molar-refractivity contribution in [2.24, 2.45) is 5.73 Å². The van der Waals surface area contributed by atoms with Crippen molar-refractivity contribution in [2.75, 3.05) is 7.11 Å². The van der Waals surface area contributed by atoms with Crippen LogP contribution in [-0.4, -0.2) is 69.7 Å². The zero-order valence-electron chi connectivity index (χ0n) is 19.2. The molecule has 0 bridgehead atoms. The van der Waals surface area contributed by atoms with Crippen LogP contribution in [0.4, 0.5) is 0 Å². The third-order valence-electron chi connectivity index (χ3n) is 7.08. The molecule has 0 amide bonds. The zero-order valence-corrected chi connectivity index (χ0v) is 19.2. The topological polar surface area (TPSA) is 169 Å². The number of methoxy groups -OCH3 is 1. The highest BCUT2D eigenvalue weighted by Crippen LogP contribution is 2.50. The number of ketones is 2. The van der Waals surface area contributed by atoms with Crippen LogP contribution in [0.5, 0.6) is 17.2 Å². The Morgan fingerprint density at radius 2 is 1.74 bits per heavy atom. The molecule has 3 aliphatic rings. The van der Waals surface area contributed by atoms with Gasteiger partial charge in [-0.3, -0.25) is 9.59 Å². The summed E-state index contributed by atoms with van der Waals surface area (Å²) in [7, 11) is 1.37. The first-order valence-electron chi connectivity index (χ1n) is 11.4. The summed E-state index contributed by atoms with van der Waals surface area (Å²) >= 11 is 0. The van der Waals surface area contributed by atoms with Gasteiger partial charge in [0.15, 0.2) is 12.1 Å². The van der Waals surface area contributed by atoms with Gasteiger partial charge in [-0.15, -0.1) is 0 Å². The Labute approximate surface area is 200 Å². The molecule has 1 aliphatic heterocycles. The molecule has 0 unspecified atom stereocenters. The number of phenols is 2. The Balaban J connectivity index is 1.62. The first-order chi connectivity index (χ1) is 16.6. The van der Waals surface area contributed by atoms with Crippen molar-refractivity contribution in [3.63, 3.8) is 0 Å². The number of benzene rings is 2. The largest absolute Gasteiger partial charge is 0.507 e. The molecule has 0 saturated carbocycles. The van der Waals surface area contributed by atoms with Crippen LogP contribution in [0, 0.1) is 0 Å². The summed E-state index contributed by atoms with van der Waals surface area (Å²) in [6.07, 6.45) is -4.09. The van der Waals surface area contributed by atoms with Crippen molar-refractivity contribution in [3.05, 3.63) is 51.6 Å². The van der Waals surface area contributed by atoms with E-state index in [1.165, 1.54) is 19.2 Å². The summed E-state index contributed by atoms with van der Waals surface area (Å²) in [6, 6.07) is 3.94. The van der Waals surface area contributed by atoms with Crippen LogP contribution in [0.15, 0.2) is 18.2 Å². The molecule has 186 valence electrons. The number of aromatic hydroxyl groups is 2. The van der Waals surface area contributed by atoms with E-state index in [1.807, 2.05) is 0 Å². The number of rotatable bonds is 3. The highest BCUT2D eigenvalue weighted by atomic mass is 16.7. The Kier molecular flexibility index (Phi) is 5.81. The minimum Gasteiger partial charge on any atom is -0.507 e. The SMILES string of the molecule is COc1cccc2c1C(=O)c1c(O)c3c(c(O)c1C2=O)C[C@@H](O)C[C@H]3O[C@H]1C[C@@H](N)[C@H](O)[C@H](C)O1. The molecule has 0 spiro atoms. The third kappa shape index (κ3) is 3.60. The van der Waals surface area contributed by atoms with Gasteiger partial charge in [0.1, 0.15) is 17.2 Å². The predicted molar refractivity (Wildman–Crippen MR) is 121 cm³/mol. The lowest BCUT2D eigenvalue weighted by molar-refractivity contribution is -0.244. The average Bonchev–Trinajstić information content (AvgIpc) is 2.82. The van der Waals surface area contributed by atoms with Gasteiger partial charge in [0.25, 0.3) is 0 Å². The molecular formula is C25H27NO9. The first kappa shape index (κ1) is 23.7. The molecule has 6 atom stereocenters. The van der Waals surface area contributed by atoms with E-state index < -0.39 is 59.8 Å². The predicted octanol–water partition coefficient (Wildman–Crippen LogP) is 1.07. The Bertz CT molecular complexity index is 1210. The molecule has 10 nitrogen and oxygen atoms in total. The molecular weight excluding hydrogens is 458 g/mol. The van der Waals surface area contributed by atoms with Crippen molar-refractivity contribution in [1.29, 1.82) is 0 Å². The number of nitrogens with two attached hydrogens (primary N) is 1. The molecule has 1 saturated heterocycles. The molecule has 2 aromatic rings. The summed E-state index contributed by atoms with van der Waals surface area (Å²) in [5, 5.41) is 43.0. The number of hydrogen-bond acceptors (Lipinski definition) is 10. The van der Waals surface area contributed by atoms with E-state index in [4.69, 9.17) is 19.9 Å². The van der Waals surface area contributed by atoms with Crippen LogP contribution >= 0.6 is 0 Å². The Morgan fingerprint density at radius 1 is 1.03 bits per heavy atom. The lowest BCUT2D eigenvalue weighted by Crippen LogP contribution is -2.52. The summed E-state index contributed by atoms with van der Waals surface area (Å²) in [6.45, 7) is 1.65. The van der Waals surface area contributed by atoms with Crippen molar-refractivity contribution in [3.8, 4) is 17.2 Å². The summed E-state index contributed by atoms with van der Waals surface area (Å²) in [5.74, 6) is -2.10. The number of aliphatic hydroxyl groups is 2. The van der Waals surface area contributed by atoms with E-state index in [9.17, 15) is 30.0 Å². The standard InChI is InChI=1S/C25H27NO9/c1-9-21(28)13(26)8-16(34-9)35-15-7-10(27)6-12-18(15)25(32)20-19(23(12)30)22(29)11-4-3-5-14(33-2)17(11)24(20)31/h3-5,9-10,13,15-16,21,27-28,30,32H,6-8,26H2,1-2H3/t9-,10+,13+,15+,16-,21+/m0/s1. The fourth-order valence-corrected chi connectivity index (χ4v) is 5.34. The molecule has 1 heterocycles. The van der Waals surface area contributed by atoms with Gasteiger partial charge in [0.2, 0.25) is 5.78 Å². The molecule has 6 N–H and O–H groups in total. The van der Waals surface area contributed by atoms with Gasteiger partial charge >= 0.3 is 0 Å². The molecule has 5 rings (SSSR count). The summed E-state index contributed by atoms with van der Waals surface area (Å²) in [4.78, 5) is 26.8. The summed E-state index contributed by atoms with van der Waals surface area (Å²) in [5.41, 5.74) is 5.64. The van der Waals surface area contributed by atoms with E-state index >= 15 is 0 Å². The highest BCUT2D eigenvalue weighted by molar-refractivity contribution is 6.31. The van der Waals surface area contributed by atoms with E-state index in [0.29, 0.717) is 0 Å². The highest BCUT2D eigenvalue weighted by Gasteiger charge is 2.44. The number of phenolic OH excluding ortho intramolecular Hbond substituents is 2. The minimum absolute atomic E-state index is 0.000127. The number of carbonyl (C=O) groups is 2. The molecule has 0 radical (unpaired) electrons. The van der Waals surface area contributed by atoms with E-state index in [0.717, 1.165) is 0 Å². The molecule has 0 aromatic heterocycles. The van der Waals surface area contributed by atoms with Crippen LogP contribution in [0.2, 0.25) is 0 Å². The average molecular weight is 485 g/mol. The second-order valence-electron chi connectivity index (χ2n) is 9.26.